The van der Waals surface area contributed by atoms with Crippen molar-refractivity contribution in [2.24, 2.45) is 0 Å². The van der Waals surface area contributed by atoms with Crippen LogP contribution in [-0.2, 0) is 0 Å². The zero-order chi connectivity index (χ0) is 38.7. The lowest BCUT2D eigenvalue weighted by Crippen LogP contribution is -1.91. The summed E-state index contributed by atoms with van der Waals surface area (Å²) in [5.41, 5.74) is 4.62. The second-order valence-corrected chi connectivity index (χ2v) is 11.7. The lowest BCUT2D eigenvalue weighted by molar-refractivity contribution is 0.673. The van der Waals surface area contributed by atoms with Gasteiger partial charge in [0.2, 0.25) is 0 Å². The predicted molar refractivity (Wildman–Crippen MR) is 200 cm³/mol. The van der Waals surface area contributed by atoms with Gasteiger partial charge in [-0.3, -0.25) is 0 Å². The lowest BCUT2D eigenvalue weighted by Gasteiger charge is -2.18. The van der Waals surface area contributed by atoms with Crippen LogP contribution in [0.4, 0.5) is 0 Å². The van der Waals surface area contributed by atoms with E-state index in [1.165, 1.54) is 0 Å². The van der Waals surface area contributed by atoms with Crippen molar-refractivity contribution in [2.45, 2.75) is 0 Å². The van der Waals surface area contributed by atoms with Gasteiger partial charge in [-0.25, -0.2) is 0 Å². The van der Waals surface area contributed by atoms with Crippen molar-refractivity contribution in [3.8, 4) is 33.4 Å². The third-order valence-corrected chi connectivity index (χ3v) is 9.16. The van der Waals surface area contributed by atoms with Crippen LogP contribution >= 0.6 is 0 Å². The minimum absolute atomic E-state index is 0.0561. The average Bonchev–Trinajstić information content (AvgIpc) is 3.62. The van der Waals surface area contributed by atoms with Crippen molar-refractivity contribution in [3.05, 3.63) is 170 Å². The lowest BCUT2D eigenvalue weighted by atomic mass is 9.85. The second kappa shape index (κ2) is 10.2. The van der Waals surface area contributed by atoms with Crippen LogP contribution in [0.5, 0.6) is 0 Å². The van der Waals surface area contributed by atoms with Crippen molar-refractivity contribution >= 4 is 65.0 Å². The first-order valence-corrected chi connectivity index (χ1v) is 15.4. The highest BCUT2D eigenvalue weighted by Crippen LogP contribution is 2.45. The van der Waals surface area contributed by atoms with Crippen molar-refractivity contribution < 1.29 is 16.8 Å². The van der Waals surface area contributed by atoms with Gasteiger partial charge in [0.25, 0.3) is 0 Å². The molecular formula is C46H28O. The van der Waals surface area contributed by atoms with Crippen LogP contribution in [0.15, 0.2) is 174 Å². The highest BCUT2D eigenvalue weighted by Gasteiger charge is 2.19. The van der Waals surface area contributed by atoms with Gasteiger partial charge in [-0.2, -0.15) is 0 Å². The summed E-state index contributed by atoms with van der Waals surface area (Å²) in [6.45, 7) is 0. The van der Waals surface area contributed by atoms with Gasteiger partial charge in [0.1, 0.15) is 11.2 Å². The topological polar surface area (TPSA) is 13.1 Å². The van der Waals surface area contributed by atoms with Gasteiger partial charge in [-0.1, -0.05) is 145 Å². The Balaban J connectivity index is 1.29. The molecule has 0 atom stereocenters. The Morgan fingerprint density at radius 1 is 0.404 bits per heavy atom. The summed E-state index contributed by atoms with van der Waals surface area (Å²) in [5, 5.41) is 6.48. The van der Waals surface area contributed by atoms with Crippen molar-refractivity contribution in [3.63, 3.8) is 0 Å². The molecule has 218 valence electrons. The molecule has 10 rings (SSSR count). The Hall–Kier alpha value is -6.18. The molecule has 9 aromatic carbocycles. The largest absolute Gasteiger partial charge is 0.455 e. The molecule has 0 saturated heterocycles. The molecule has 1 nitrogen and oxygen atoms in total. The summed E-state index contributed by atoms with van der Waals surface area (Å²) in [5.74, 6) is 0. The van der Waals surface area contributed by atoms with Crippen LogP contribution in [0.2, 0.25) is 0 Å². The first kappa shape index (κ1) is 18.7. The van der Waals surface area contributed by atoms with E-state index < -0.39 is 36.3 Å². The number of furan rings is 1. The maximum absolute atomic E-state index is 9.23. The zero-order valence-electron chi connectivity index (χ0n) is 33.9. The Morgan fingerprint density at radius 3 is 1.83 bits per heavy atom. The smallest absolute Gasteiger partial charge is 0.143 e. The standard InChI is InChI=1S/C46H28O/c1-2-13-31-27-34(24-23-29(31)11-1)44-39-19-7-5-17-37(39)43(38-18-6-8-20-40(38)44)33-15-9-14-32(28-33)35-21-10-22-42-45(35)41-26-25-30-12-3-4-16-36(30)46(41)47-42/h1-28H/i3D,4D,10D,12D,16D,21D,22D,25D,26D. The molecule has 1 heterocycles. The summed E-state index contributed by atoms with van der Waals surface area (Å²) in [7, 11) is 0. The molecule has 0 aliphatic carbocycles. The maximum Gasteiger partial charge on any atom is 0.143 e. The highest BCUT2D eigenvalue weighted by molar-refractivity contribution is 6.22. The first-order chi connectivity index (χ1) is 27.1. The fraction of sp³-hybridized carbons (Fsp3) is 0. The Bertz CT molecular complexity index is 3310. The van der Waals surface area contributed by atoms with Crippen LogP contribution in [0, 0.1) is 0 Å². The van der Waals surface area contributed by atoms with Crippen LogP contribution in [0.25, 0.3) is 98.4 Å². The molecule has 0 unspecified atom stereocenters. The summed E-state index contributed by atoms with van der Waals surface area (Å²) in [6.07, 6.45) is 0. The van der Waals surface area contributed by atoms with Gasteiger partial charge >= 0.3 is 0 Å². The Kier molecular flexibility index (Phi) is 4.05. The molecular weight excluding hydrogens is 569 g/mol. The van der Waals surface area contributed by atoms with E-state index in [-0.39, 0.29) is 56.4 Å². The van der Waals surface area contributed by atoms with Crippen LogP contribution in [0.1, 0.15) is 12.3 Å². The van der Waals surface area contributed by atoms with E-state index >= 15 is 0 Å². The van der Waals surface area contributed by atoms with E-state index in [9.17, 15) is 1.37 Å². The fourth-order valence-electron chi connectivity index (χ4n) is 7.11. The molecule has 0 spiro atoms. The van der Waals surface area contributed by atoms with E-state index in [0.717, 1.165) is 54.6 Å². The van der Waals surface area contributed by atoms with E-state index in [1.54, 1.807) is 0 Å². The quantitative estimate of drug-likeness (QED) is 0.183. The molecule has 0 amide bonds. The molecule has 0 aliphatic heterocycles. The van der Waals surface area contributed by atoms with Gasteiger partial charge in [0, 0.05) is 16.2 Å². The minimum Gasteiger partial charge on any atom is -0.455 e. The minimum atomic E-state index is -0.531. The third-order valence-electron chi connectivity index (χ3n) is 9.16. The van der Waals surface area contributed by atoms with Gasteiger partial charge in [-0.05, 0) is 95.3 Å². The van der Waals surface area contributed by atoms with Crippen molar-refractivity contribution in [1.29, 1.82) is 0 Å². The van der Waals surface area contributed by atoms with Gasteiger partial charge in [0.15, 0.2) is 0 Å². The molecule has 1 aromatic heterocycles. The number of rotatable bonds is 3. The van der Waals surface area contributed by atoms with E-state index in [0.29, 0.717) is 5.56 Å². The Labute approximate surface area is 284 Å². The summed E-state index contributed by atoms with van der Waals surface area (Å²) < 4.78 is 85.1. The molecule has 0 fully saturated rings. The van der Waals surface area contributed by atoms with Gasteiger partial charge in [-0.15, -0.1) is 0 Å². The van der Waals surface area contributed by atoms with E-state index in [2.05, 4.69) is 54.6 Å². The molecule has 47 heavy (non-hydrogen) atoms. The summed E-state index contributed by atoms with van der Waals surface area (Å²) in [4.78, 5) is 0. The number of hydrogen-bond acceptors (Lipinski definition) is 1. The third kappa shape index (κ3) is 3.97. The van der Waals surface area contributed by atoms with Gasteiger partial charge < -0.3 is 4.42 Å². The molecule has 10 aromatic rings. The Morgan fingerprint density at radius 2 is 1.06 bits per heavy atom. The number of hydrogen-bond donors (Lipinski definition) is 0. The maximum atomic E-state index is 9.23. The SMILES string of the molecule is [2H]c1c([2H])c(-c2cccc(-c3c4ccccc4c(-c4ccc5ccccc5c4)c4ccccc34)c2)c2c(oc3c4c([2H])c([2H])c([2H])c([2H])c4c([2H])c([2H])c32)c1[2H]. The van der Waals surface area contributed by atoms with E-state index in [4.69, 9.17) is 15.4 Å². The number of fused-ring (bicyclic) bond motifs is 8. The fourth-order valence-corrected chi connectivity index (χ4v) is 7.11. The van der Waals surface area contributed by atoms with Crippen LogP contribution in [-0.4, -0.2) is 0 Å². The molecule has 0 bridgehead atoms. The van der Waals surface area contributed by atoms with Crippen molar-refractivity contribution in [1.82, 2.24) is 0 Å². The summed E-state index contributed by atoms with van der Waals surface area (Å²) >= 11 is 0. The number of benzene rings is 9. The predicted octanol–water partition coefficient (Wildman–Crippen LogP) is 13.2. The first-order valence-electron chi connectivity index (χ1n) is 19.9. The monoisotopic (exact) mass is 605 g/mol. The van der Waals surface area contributed by atoms with Crippen LogP contribution in [0.3, 0.4) is 0 Å². The molecule has 0 N–H and O–H groups in total. The summed E-state index contributed by atoms with van der Waals surface area (Å²) in [6, 6.07) is 35.3. The molecule has 0 aliphatic rings. The van der Waals surface area contributed by atoms with Crippen molar-refractivity contribution in [2.75, 3.05) is 0 Å². The second-order valence-electron chi connectivity index (χ2n) is 11.7. The zero-order valence-corrected chi connectivity index (χ0v) is 24.9. The molecule has 1 heteroatoms. The average molecular weight is 606 g/mol. The molecule has 0 radical (unpaired) electrons. The van der Waals surface area contributed by atoms with E-state index in [1.807, 2.05) is 60.7 Å². The highest BCUT2D eigenvalue weighted by atomic mass is 16.3. The normalized spacial score (nSPS) is 14.5. The van der Waals surface area contributed by atoms with Gasteiger partial charge in [0.05, 0.1) is 12.3 Å². The van der Waals surface area contributed by atoms with Crippen LogP contribution < -0.4 is 0 Å². The molecule has 0 saturated carbocycles.